The highest BCUT2D eigenvalue weighted by Gasteiger charge is 2.24. The van der Waals surface area contributed by atoms with Crippen LogP contribution in [0.3, 0.4) is 0 Å². The Kier molecular flexibility index (Phi) is 9.02. The van der Waals surface area contributed by atoms with Crippen LogP contribution in [0.1, 0.15) is 0 Å². The van der Waals surface area contributed by atoms with E-state index in [1.165, 1.54) is 0 Å². The molecule has 13 rings (SSSR count). The lowest BCUT2D eigenvalue weighted by Crippen LogP contribution is -1.88. The highest BCUT2D eigenvalue weighted by Crippen LogP contribution is 2.41. The molecule has 16 nitrogen and oxygen atoms in total. The SMILES string of the molecule is c1cncc(Oc2ccc3c(c2)-c2nc-3nc3[nH]c(nc4nc(nc5[nH]c(n2)c2ccc(Oc6cccnc6)cc52)-c2cc(Oc5cccnc5)ccc2-4)c2cc(Oc4cccnc4)ccc32)c1. The number of hydrogen-bond acceptors (Lipinski definition) is 14. The number of pyridine rings is 4. The first kappa shape index (κ1) is 38.5. The molecule has 0 radical (unpaired) electrons. The number of ether oxygens (including phenoxy) is 4. The van der Waals surface area contributed by atoms with E-state index in [2.05, 4.69) is 29.9 Å². The van der Waals surface area contributed by atoms with Gasteiger partial charge in [-0.3, -0.25) is 19.9 Å². The van der Waals surface area contributed by atoms with Crippen LogP contribution in [0.25, 0.3) is 89.7 Å². The van der Waals surface area contributed by atoms with Gasteiger partial charge in [-0.15, -0.1) is 0 Å². The van der Waals surface area contributed by atoms with Crippen molar-refractivity contribution in [1.82, 2.24) is 59.8 Å². The van der Waals surface area contributed by atoms with Crippen molar-refractivity contribution < 1.29 is 18.9 Å². The van der Waals surface area contributed by atoms with Gasteiger partial charge in [-0.1, -0.05) is 0 Å². The van der Waals surface area contributed by atoms with Crippen molar-refractivity contribution in [2.75, 3.05) is 0 Å². The normalized spacial score (nSPS) is 11.5. The number of benzene rings is 4. The number of H-pyrrole nitrogens is 2. The summed E-state index contributed by atoms with van der Waals surface area (Å²) in [7, 11) is 0. The van der Waals surface area contributed by atoms with Crippen molar-refractivity contribution in [3.63, 3.8) is 0 Å². The third kappa shape index (κ3) is 7.15. The Balaban J connectivity index is 1.09. The maximum atomic E-state index is 6.27. The van der Waals surface area contributed by atoms with E-state index >= 15 is 0 Å². The first-order valence-corrected chi connectivity index (χ1v) is 21.3. The van der Waals surface area contributed by atoms with Gasteiger partial charge in [0, 0.05) is 68.6 Å². The molecule has 0 saturated carbocycles. The number of aromatic nitrogens is 12. The highest BCUT2D eigenvalue weighted by atomic mass is 16.5. The zero-order valence-corrected chi connectivity index (χ0v) is 35.3. The van der Waals surface area contributed by atoms with Crippen molar-refractivity contribution in [1.29, 1.82) is 0 Å². The van der Waals surface area contributed by atoms with Crippen molar-refractivity contribution in [2.24, 2.45) is 0 Å². The summed E-state index contributed by atoms with van der Waals surface area (Å²) >= 11 is 0. The van der Waals surface area contributed by atoms with Crippen molar-refractivity contribution in [2.45, 2.75) is 0 Å². The van der Waals surface area contributed by atoms with E-state index in [-0.39, 0.29) is 0 Å². The lowest BCUT2D eigenvalue weighted by molar-refractivity contribution is 0.480. The first-order chi connectivity index (χ1) is 33.6. The van der Waals surface area contributed by atoms with Gasteiger partial charge in [0.25, 0.3) is 0 Å². The fourth-order valence-corrected chi connectivity index (χ4v) is 8.14. The summed E-state index contributed by atoms with van der Waals surface area (Å²) in [6, 6.07) is 37.5. The Labute approximate surface area is 384 Å². The Hall–Kier alpha value is -9.96. The molecule has 68 heavy (non-hydrogen) atoms. The molecule has 7 aromatic heterocycles. The molecule has 2 aliphatic heterocycles. The Morgan fingerprint density at radius 1 is 0.279 bits per heavy atom. The second kappa shape index (κ2) is 15.9. The van der Waals surface area contributed by atoms with E-state index in [4.69, 9.17) is 48.9 Å². The molecule has 2 N–H and O–H groups in total. The molecule has 4 aromatic carbocycles. The summed E-state index contributed by atoms with van der Waals surface area (Å²) in [5, 5.41) is 2.98. The number of rotatable bonds is 8. The Morgan fingerprint density at radius 2 is 0.603 bits per heavy atom. The van der Waals surface area contributed by atoms with Crippen molar-refractivity contribution in [3.8, 4) is 91.5 Å². The molecule has 0 amide bonds. The van der Waals surface area contributed by atoms with Crippen molar-refractivity contribution in [3.05, 3.63) is 171 Å². The highest BCUT2D eigenvalue weighted by molar-refractivity contribution is 6.07. The molecule has 322 valence electrons. The van der Waals surface area contributed by atoms with Crippen LogP contribution >= 0.6 is 0 Å². The molecule has 8 bridgehead atoms. The van der Waals surface area contributed by atoms with Crippen LogP contribution in [0.5, 0.6) is 46.0 Å². The predicted octanol–water partition coefficient (Wildman–Crippen LogP) is 11.6. The standard InChI is InChI=1S/C52H30N12O4/c1-5-33(25-53-17-1)65-29-9-13-37-41(21-29)49-58-45(37)57-46-38-14-10-30(66-34-6-2-18-54-26-34)22-42(38)50(59-46)61-48-40-16-12-32(68-36-8-4-20-56-28-36)24-44(40)52(63-48)64-51-43-23-31(67-35-7-3-19-55-27-35)11-15-39(43)47(60-49)62-51/h1-28H,(H2,57,58,59,60,61,62,63,64). The van der Waals surface area contributed by atoms with Gasteiger partial charge >= 0.3 is 0 Å². The molecule has 2 aliphatic rings. The van der Waals surface area contributed by atoms with Gasteiger partial charge in [0.2, 0.25) is 0 Å². The van der Waals surface area contributed by atoms with Gasteiger partial charge in [0.05, 0.1) is 24.8 Å². The molecule has 0 saturated heterocycles. The number of hydrogen-bond donors (Lipinski definition) is 2. The number of nitrogens with one attached hydrogen (secondary N) is 2. The van der Waals surface area contributed by atoms with Gasteiger partial charge in [-0.25, -0.2) is 29.9 Å². The van der Waals surface area contributed by atoms with Crippen LogP contribution in [0.2, 0.25) is 0 Å². The summed E-state index contributed by atoms with van der Waals surface area (Å²) in [6.07, 6.45) is 13.4. The lowest BCUT2D eigenvalue weighted by Gasteiger charge is -2.07. The molecule has 16 heteroatoms. The van der Waals surface area contributed by atoms with Gasteiger partial charge in [0.15, 0.2) is 23.3 Å². The minimum Gasteiger partial charge on any atom is -0.456 e. The maximum absolute atomic E-state index is 6.27. The average molecular weight is 887 g/mol. The van der Waals surface area contributed by atoms with Crippen LogP contribution < -0.4 is 18.9 Å². The molecule has 0 fully saturated rings. The zero-order valence-electron chi connectivity index (χ0n) is 35.3. The van der Waals surface area contributed by atoms with Crippen LogP contribution in [-0.4, -0.2) is 59.8 Å². The minimum atomic E-state index is 0.383. The fourth-order valence-electron chi connectivity index (χ4n) is 8.14. The van der Waals surface area contributed by atoms with Crippen LogP contribution in [0.4, 0.5) is 0 Å². The lowest BCUT2D eigenvalue weighted by atomic mass is 10.1. The van der Waals surface area contributed by atoms with Gasteiger partial charge in [-0.2, -0.15) is 0 Å². The van der Waals surface area contributed by atoms with Gasteiger partial charge < -0.3 is 28.9 Å². The molecule has 0 atom stereocenters. The Bertz CT molecular complexity index is 3930. The molecule has 9 heterocycles. The summed E-state index contributed by atoms with van der Waals surface area (Å²) in [5.41, 5.74) is 4.84. The van der Waals surface area contributed by atoms with E-state index in [1.54, 1.807) is 49.6 Å². The quantitative estimate of drug-likeness (QED) is 0.146. The molecule has 0 aliphatic carbocycles. The van der Waals surface area contributed by atoms with Crippen LogP contribution in [0, 0.1) is 0 Å². The minimum absolute atomic E-state index is 0.383. The second-order valence-corrected chi connectivity index (χ2v) is 15.6. The largest absolute Gasteiger partial charge is 0.456 e. The smallest absolute Gasteiger partial charge is 0.164 e. The van der Waals surface area contributed by atoms with E-state index in [0.717, 1.165) is 27.3 Å². The zero-order chi connectivity index (χ0) is 45.0. The van der Waals surface area contributed by atoms with E-state index < -0.39 is 0 Å². The third-order valence-corrected chi connectivity index (χ3v) is 11.2. The van der Waals surface area contributed by atoms with E-state index in [0.29, 0.717) is 108 Å². The summed E-state index contributed by atoms with van der Waals surface area (Å²) in [5.74, 6) is 6.22. The van der Waals surface area contributed by atoms with Crippen LogP contribution in [0.15, 0.2) is 171 Å². The topological polar surface area (TPSA) is 197 Å². The molecular weight excluding hydrogens is 857 g/mol. The number of nitrogens with zero attached hydrogens (tertiary/aromatic N) is 10. The molecule has 11 aromatic rings. The number of aromatic amines is 2. The van der Waals surface area contributed by atoms with Gasteiger partial charge in [-0.05, 0) is 121 Å². The first-order valence-electron chi connectivity index (χ1n) is 21.3. The van der Waals surface area contributed by atoms with Crippen molar-refractivity contribution >= 4 is 44.1 Å². The predicted molar refractivity (Wildman–Crippen MR) is 253 cm³/mol. The van der Waals surface area contributed by atoms with E-state index in [1.807, 2.05) is 121 Å². The monoisotopic (exact) mass is 886 g/mol. The van der Waals surface area contributed by atoms with Crippen LogP contribution in [-0.2, 0) is 0 Å². The maximum Gasteiger partial charge on any atom is 0.164 e. The summed E-state index contributed by atoms with van der Waals surface area (Å²) in [6.45, 7) is 0. The summed E-state index contributed by atoms with van der Waals surface area (Å²) in [4.78, 5) is 55.0. The average Bonchev–Trinajstić information content (AvgIpc) is 4.10. The molecular formula is C52H30N12O4. The Morgan fingerprint density at radius 3 is 0.956 bits per heavy atom. The second-order valence-electron chi connectivity index (χ2n) is 15.6. The molecule has 0 unspecified atom stereocenters. The summed E-state index contributed by atoms with van der Waals surface area (Å²) < 4.78 is 25.1. The van der Waals surface area contributed by atoms with Gasteiger partial charge in [0.1, 0.15) is 68.6 Å². The molecule has 0 spiro atoms. The fraction of sp³-hybridized carbons (Fsp3) is 0. The van der Waals surface area contributed by atoms with E-state index in [9.17, 15) is 0 Å². The third-order valence-electron chi connectivity index (χ3n) is 11.2. The number of fused-ring (bicyclic) bond motifs is 20.